The van der Waals surface area contributed by atoms with Crippen LogP contribution in [0, 0.1) is 0 Å². The fourth-order valence-electron chi connectivity index (χ4n) is 2.11. The van der Waals surface area contributed by atoms with Gasteiger partial charge in [-0.1, -0.05) is 18.2 Å². The predicted molar refractivity (Wildman–Crippen MR) is 73.4 cm³/mol. The molecule has 2 N–H and O–H groups in total. The van der Waals surface area contributed by atoms with Gasteiger partial charge in [0, 0.05) is 0 Å². The SMILES string of the molecule is C=CC(C)(O)CC=CC1(C)CCC(C(C)(C)O)O1. The van der Waals surface area contributed by atoms with Crippen molar-refractivity contribution in [3.63, 3.8) is 0 Å². The number of aliphatic hydroxyl groups is 2. The van der Waals surface area contributed by atoms with Crippen molar-refractivity contribution in [1.82, 2.24) is 0 Å². The average molecular weight is 254 g/mol. The van der Waals surface area contributed by atoms with Gasteiger partial charge in [0.2, 0.25) is 0 Å². The van der Waals surface area contributed by atoms with Crippen LogP contribution in [0.2, 0.25) is 0 Å². The molecule has 0 amide bonds. The van der Waals surface area contributed by atoms with Crippen LogP contribution in [-0.2, 0) is 4.74 Å². The highest BCUT2D eigenvalue weighted by Crippen LogP contribution is 2.36. The fourth-order valence-corrected chi connectivity index (χ4v) is 2.11. The molecule has 3 heteroatoms. The van der Waals surface area contributed by atoms with Gasteiger partial charge in [-0.25, -0.2) is 0 Å². The molecule has 0 saturated carbocycles. The minimum Gasteiger partial charge on any atom is -0.388 e. The number of hydrogen-bond donors (Lipinski definition) is 2. The predicted octanol–water partition coefficient (Wildman–Crippen LogP) is 2.58. The van der Waals surface area contributed by atoms with Gasteiger partial charge >= 0.3 is 0 Å². The maximum atomic E-state index is 9.94. The van der Waals surface area contributed by atoms with Gasteiger partial charge in [0.15, 0.2) is 0 Å². The molecular formula is C15H26O3. The molecular weight excluding hydrogens is 228 g/mol. The van der Waals surface area contributed by atoms with Crippen LogP contribution in [0.1, 0.15) is 47.0 Å². The Hall–Kier alpha value is -0.640. The summed E-state index contributed by atoms with van der Waals surface area (Å²) in [5.41, 5.74) is -2.03. The third-order valence-electron chi connectivity index (χ3n) is 3.54. The summed E-state index contributed by atoms with van der Waals surface area (Å²) < 4.78 is 5.92. The summed E-state index contributed by atoms with van der Waals surface area (Å²) >= 11 is 0. The van der Waals surface area contributed by atoms with Crippen LogP contribution in [0.3, 0.4) is 0 Å². The molecule has 1 saturated heterocycles. The van der Waals surface area contributed by atoms with Gasteiger partial charge in [-0.15, -0.1) is 6.58 Å². The second-order valence-electron chi connectivity index (χ2n) is 6.28. The summed E-state index contributed by atoms with van der Waals surface area (Å²) in [7, 11) is 0. The minimum atomic E-state index is -0.874. The topological polar surface area (TPSA) is 49.7 Å². The van der Waals surface area contributed by atoms with E-state index in [0.29, 0.717) is 6.42 Å². The normalized spacial score (nSPS) is 32.7. The molecule has 18 heavy (non-hydrogen) atoms. The van der Waals surface area contributed by atoms with E-state index in [2.05, 4.69) is 6.58 Å². The van der Waals surface area contributed by atoms with Crippen molar-refractivity contribution in [2.24, 2.45) is 0 Å². The van der Waals surface area contributed by atoms with Crippen LogP contribution in [0.4, 0.5) is 0 Å². The molecule has 0 bridgehead atoms. The summed E-state index contributed by atoms with van der Waals surface area (Å²) in [6, 6.07) is 0. The number of ether oxygens (including phenoxy) is 1. The van der Waals surface area contributed by atoms with E-state index >= 15 is 0 Å². The fraction of sp³-hybridized carbons (Fsp3) is 0.733. The maximum Gasteiger partial charge on any atom is 0.0869 e. The second-order valence-corrected chi connectivity index (χ2v) is 6.28. The van der Waals surface area contributed by atoms with Gasteiger partial charge in [-0.05, 0) is 47.0 Å². The van der Waals surface area contributed by atoms with Crippen LogP contribution in [-0.4, -0.2) is 33.1 Å². The van der Waals surface area contributed by atoms with E-state index in [0.717, 1.165) is 12.8 Å². The zero-order chi connectivity index (χ0) is 14.0. The first-order chi connectivity index (χ1) is 8.08. The standard InChI is InChI=1S/C15H26O3/c1-6-14(4,17)9-7-10-15(5)11-8-12(18-15)13(2,3)16/h6-7,10,12,16-17H,1,8-9,11H2,2-5H3. The lowest BCUT2D eigenvalue weighted by atomic mass is 9.95. The van der Waals surface area contributed by atoms with E-state index in [1.54, 1.807) is 20.8 Å². The Balaban J connectivity index is 2.58. The van der Waals surface area contributed by atoms with Gasteiger partial charge in [0.25, 0.3) is 0 Å². The molecule has 1 heterocycles. The van der Waals surface area contributed by atoms with E-state index in [9.17, 15) is 10.2 Å². The Morgan fingerprint density at radius 2 is 2.00 bits per heavy atom. The first-order valence-corrected chi connectivity index (χ1v) is 6.52. The molecule has 3 nitrogen and oxygen atoms in total. The van der Waals surface area contributed by atoms with Crippen molar-refractivity contribution in [1.29, 1.82) is 0 Å². The first-order valence-electron chi connectivity index (χ1n) is 6.52. The third kappa shape index (κ3) is 4.23. The van der Waals surface area contributed by atoms with E-state index in [1.807, 2.05) is 19.1 Å². The van der Waals surface area contributed by atoms with E-state index < -0.39 is 11.2 Å². The maximum absolute atomic E-state index is 9.94. The quantitative estimate of drug-likeness (QED) is 0.741. The van der Waals surface area contributed by atoms with E-state index in [1.165, 1.54) is 6.08 Å². The van der Waals surface area contributed by atoms with Crippen molar-refractivity contribution in [2.75, 3.05) is 0 Å². The average Bonchev–Trinajstić information content (AvgIpc) is 2.60. The molecule has 1 aliphatic rings. The zero-order valence-electron chi connectivity index (χ0n) is 11.9. The van der Waals surface area contributed by atoms with Crippen molar-refractivity contribution < 1.29 is 14.9 Å². The van der Waals surface area contributed by atoms with Gasteiger partial charge in [-0.3, -0.25) is 0 Å². The molecule has 0 aromatic carbocycles. The summed E-state index contributed by atoms with van der Waals surface area (Å²) in [6.45, 7) is 10.9. The van der Waals surface area contributed by atoms with Crippen molar-refractivity contribution in [3.05, 3.63) is 24.8 Å². The summed E-state index contributed by atoms with van der Waals surface area (Å²) in [6.07, 6.45) is 7.56. The molecule has 3 unspecified atom stereocenters. The van der Waals surface area contributed by atoms with Crippen LogP contribution >= 0.6 is 0 Å². The Bertz CT molecular complexity index is 325. The van der Waals surface area contributed by atoms with Gasteiger partial charge in [0.1, 0.15) is 0 Å². The molecule has 0 aromatic heterocycles. The smallest absolute Gasteiger partial charge is 0.0869 e. The Kier molecular flexibility index (Phi) is 4.42. The molecule has 0 spiro atoms. The summed E-state index contributed by atoms with van der Waals surface area (Å²) in [5, 5.41) is 19.8. The monoisotopic (exact) mass is 254 g/mol. The highest BCUT2D eigenvalue weighted by Gasteiger charge is 2.40. The Morgan fingerprint density at radius 1 is 1.39 bits per heavy atom. The van der Waals surface area contributed by atoms with Crippen LogP contribution < -0.4 is 0 Å². The molecule has 3 atom stereocenters. The van der Waals surface area contributed by atoms with Crippen LogP contribution in [0.5, 0.6) is 0 Å². The Labute approximate surface area is 110 Å². The van der Waals surface area contributed by atoms with Gasteiger partial charge in [-0.2, -0.15) is 0 Å². The second kappa shape index (κ2) is 5.16. The molecule has 1 aliphatic heterocycles. The summed E-state index contributed by atoms with van der Waals surface area (Å²) in [4.78, 5) is 0. The number of rotatable bonds is 5. The lowest BCUT2D eigenvalue weighted by molar-refractivity contribution is -0.0999. The van der Waals surface area contributed by atoms with Gasteiger partial charge < -0.3 is 14.9 Å². The highest BCUT2D eigenvalue weighted by atomic mass is 16.5. The largest absolute Gasteiger partial charge is 0.388 e. The minimum absolute atomic E-state index is 0.132. The van der Waals surface area contributed by atoms with E-state index in [-0.39, 0.29) is 11.7 Å². The molecule has 0 aromatic rings. The molecule has 0 radical (unpaired) electrons. The van der Waals surface area contributed by atoms with Crippen molar-refractivity contribution in [3.8, 4) is 0 Å². The van der Waals surface area contributed by atoms with Crippen LogP contribution in [0.15, 0.2) is 24.8 Å². The van der Waals surface area contributed by atoms with Crippen LogP contribution in [0.25, 0.3) is 0 Å². The highest BCUT2D eigenvalue weighted by molar-refractivity contribution is 5.08. The summed E-state index contributed by atoms with van der Waals surface area (Å²) in [5.74, 6) is 0. The zero-order valence-corrected chi connectivity index (χ0v) is 11.9. The lowest BCUT2D eigenvalue weighted by Crippen LogP contribution is -2.37. The first kappa shape index (κ1) is 15.4. The molecule has 1 rings (SSSR count). The lowest BCUT2D eigenvalue weighted by Gasteiger charge is -2.28. The molecule has 0 aliphatic carbocycles. The van der Waals surface area contributed by atoms with Gasteiger partial charge in [0.05, 0.1) is 22.9 Å². The molecule has 104 valence electrons. The third-order valence-corrected chi connectivity index (χ3v) is 3.54. The Morgan fingerprint density at radius 3 is 2.44 bits per heavy atom. The number of hydrogen-bond acceptors (Lipinski definition) is 3. The van der Waals surface area contributed by atoms with Crippen molar-refractivity contribution in [2.45, 2.75) is 69.9 Å². The molecule has 1 fully saturated rings. The van der Waals surface area contributed by atoms with Crippen molar-refractivity contribution >= 4 is 0 Å². The van der Waals surface area contributed by atoms with E-state index in [4.69, 9.17) is 4.74 Å².